The Balaban J connectivity index is 3.53. The van der Waals surface area contributed by atoms with E-state index in [-0.39, 0.29) is 12.4 Å². The van der Waals surface area contributed by atoms with E-state index in [0.717, 1.165) is 19.3 Å². The monoisotopic (exact) mass is 442 g/mol. The van der Waals surface area contributed by atoms with E-state index in [4.69, 9.17) is 16.2 Å². The minimum Gasteiger partial charge on any atom is -0.480 e. The van der Waals surface area contributed by atoms with Gasteiger partial charge in [-0.25, -0.2) is 9.59 Å². The molecule has 8 heteroatoms. The van der Waals surface area contributed by atoms with Gasteiger partial charge >= 0.3 is 12.1 Å². The molecule has 0 heterocycles. The summed E-state index contributed by atoms with van der Waals surface area (Å²) in [5.74, 6) is -1.13. The number of carbonyl (C=O) groups excluding carboxylic acids is 1. The SMILES string of the molecule is CCCCCCCCCCCCCCCCOC(=O)N[C@@H](CCCN=C(N)N)C(=O)O. The summed E-state index contributed by atoms with van der Waals surface area (Å²) in [6.07, 6.45) is 17.7. The van der Waals surface area contributed by atoms with Crippen molar-refractivity contribution in [2.24, 2.45) is 16.5 Å². The van der Waals surface area contributed by atoms with Crippen LogP contribution < -0.4 is 16.8 Å². The maximum atomic E-state index is 11.8. The normalized spacial score (nSPS) is 11.6. The molecule has 1 atom stereocenters. The summed E-state index contributed by atoms with van der Waals surface area (Å²) in [5, 5.41) is 11.6. The van der Waals surface area contributed by atoms with Crippen molar-refractivity contribution in [3.05, 3.63) is 0 Å². The lowest BCUT2D eigenvalue weighted by molar-refractivity contribution is -0.139. The Bertz CT molecular complexity index is 482. The van der Waals surface area contributed by atoms with Gasteiger partial charge in [0.2, 0.25) is 0 Å². The summed E-state index contributed by atoms with van der Waals surface area (Å²) in [7, 11) is 0. The Labute approximate surface area is 188 Å². The zero-order valence-electron chi connectivity index (χ0n) is 19.6. The smallest absolute Gasteiger partial charge is 0.407 e. The van der Waals surface area contributed by atoms with Crippen molar-refractivity contribution >= 4 is 18.0 Å². The summed E-state index contributed by atoms with van der Waals surface area (Å²) in [6, 6.07) is -1.00. The maximum absolute atomic E-state index is 11.8. The molecule has 31 heavy (non-hydrogen) atoms. The molecule has 0 aromatic rings. The van der Waals surface area contributed by atoms with Gasteiger partial charge in [-0.3, -0.25) is 4.99 Å². The molecule has 6 N–H and O–H groups in total. The van der Waals surface area contributed by atoms with Crippen molar-refractivity contribution in [2.75, 3.05) is 13.2 Å². The van der Waals surface area contributed by atoms with E-state index >= 15 is 0 Å². The molecule has 0 fully saturated rings. The number of hydrogen-bond acceptors (Lipinski definition) is 4. The van der Waals surface area contributed by atoms with Gasteiger partial charge in [0.15, 0.2) is 5.96 Å². The number of alkyl carbamates (subject to hydrolysis) is 1. The first-order chi connectivity index (χ1) is 15.0. The predicted octanol–water partition coefficient (Wildman–Crippen LogP) is 4.70. The predicted molar refractivity (Wildman–Crippen MR) is 126 cm³/mol. The van der Waals surface area contributed by atoms with Crippen LogP contribution >= 0.6 is 0 Å². The third-order valence-electron chi connectivity index (χ3n) is 5.27. The largest absolute Gasteiger partial charge is 0.480 e. The minimum absolute atomic E-state index is 0.0348. The van der Waals surface area contributed by atoms with Gasteiger partial charge in [0.1, 0.15) is 6.04 Å². The van der Waals surface area contributed by atoms with Gasteiger partial charge in [0.05, 0.1) is 6.61 Å². The number of nitrogens with two attached hydrogens (primary N) is 2. The van der Waals surface area contributed by atoms with Crippen LogP contribution in [0.2, 0.25) is 0 Å². The van der Waals surface area contributed by atoms with Gasteiger partial charge in [-0.15, -0.1) is 0 Å². The Morgan fingerprint density at radius 1 is 0.839 bits per heavy atom. The Hall–Kier alpha value is -1.99. The topological polar surface area (TPSA) is 140 Å². The third-order valence-corrected chi connectivity index (χ3v) is 5.27. The van der Waals surface area contributed by atoms with E-state index in [1.807, 2.05) is 0 Å². The quantitative estimate of drug-likeness (QED) is 0.115. The van der Waals surface area contributed by atoms with Crippen molar-refractivity contribution in [3.8, 4) is 0 Å². The van der Waals surface area contributed by atoms with Crippen LogP contribution in [-0.2, 0) is 9.53 Å². The molecule has 0 rings (SSSR count). The lowest BCUT2D eigenvalue weighted by Gasteiger charge is -2.14. The van der Waals surface area contributed by atoms with Gasteiger partial charge in [-0.1, -0.05) is 90.4 Å². The van der Waals surface area contributed by atoms with E-state index in [9.17, 15) is 14.7 Å². The molecule has 1 amide bonds. The summed E-state index contributed by atoms with van der Waals surface area (Å²) in [6.45, 7) is 2.88. The highest BCUT2D eigenvalue weighted by molar-refractivity contribution is 5.79. The van der Waals surface area contributed by atoms with Gasteiger partial charge in [-0.05, 0) is 19.3 Å². The number of aliphatic imine (C=N–C) groups is 1. The Morgan fingerprint density at radius 3 is 1.77 bits per heavy atom. The minimum atomic E-state index is -1.10. The Kier molecular flexibility index (Phi) is 19.9. The number of amides is 1. The number of unbranched alkanes of at least 4 members (excludes halogenated alkanes) is 13. The van der Waals surface area contributed by atoms with Crippen LogP contribution in [0.15, 0.2) is 4.99 Å². The van der Waals surface area contributed by atoms with Crippen molar-refractivity contribution < 1.29 is 19.4 Å². The number of carboxylic acids is 1. The highest BCUT2D eigenvalue weighted by Gasteiger charge is 2.19. The second kappa shape index (κ2) is 21.2. The number of guanidine groups is 1. The molecule has 0 bridgehead atoms. The van der Waals surface area contributed by atoms with E-state index < -0.39 is 18.1 Å². The molecule has 8 nitrogen and oxygen atoms in total. The van der Waals surface area contributed by atoms with Gasteiger partial charge in [-0.2, -0.15) is 0 Å². The third kappa shape index (κ3) is 21.0. The first-order valence-electron chi connectivity index (χ1n) is 12.2. The van der Waals surface area contributed by atoms with Gasteiger partial charge in [0.25, 0.3) is 0 Å². The number of carbonyl (C=O) groups is 2. The number of rotatable bonds is 21. The number of ether oxygens (including phenoxy) is 1. The highest BCUT2D eigenvalue weighted by Crippen LogP contribution is 2.13. The van der Waals surface area contributed by atoms with Crippen LogP contribution in [0.5, 0.6) is 0 Å². The molecule has 0 spiro atoms. The summed E-state index contributed by atoms with van der Waals surface area (Å²) in [5.41, 5.74) is 10.4. The molecule has 0 aromatic heterocycles. The van der Waals surface area contributed by atoms with Crippen LogP contribution in [-0.4, -0.2) is 42.3 Å². The second-order valence-corrected chi connectivity index (χ2v) is 8.22. The lowest BCUT2D eigenvalue weighted by atomic mass is 10.0. The van der Waals surface area contributed by atoms with Crippen molar-refractivity contribution in [3.63, 3.8) is 0 Å². The van der Waals surface area contributed by atoms with Crippen molar-refractivity contribution in [1.82, 2.24) is 5.32 Å². The van der Waals surface area contributed by atoms with Crippen molar-refractivity contribution in [1.29, 1.82) is 0 Å². The van der Waals surface area contributed by atoms with E-state index in [1.165, 1.54) is 70.6 Å². The van der Waals surface area contributed by atoms with Crippen LogP contribution in [0.3, 0.4) is 0 Å². The maximum Gasteiger partial charge on any atom is 0.407 e. The van der Waals surface area contributed by atoms with Crippen LogP contribution in [0.1, 0.15) is 110 Å². The first kappa shape index (κ1) is 29.0. The lowest BCUT2D eigenvalue weighted by Crippen LogP contribution is -2.41. The van der Waals surface area contributed by atoms with E-state index in [0.29, 0.717) is 19.6 Å². The molecule has 0 saturated heterocycles. The average Bonchev–Trinajstić information content (AvgIpc) is 2.72. The molecular formula is C23H46N4O4. The Morgan fingerprint density at radius 2 is 1.32 bits per heavy atom. The molecule has 0 unspecified atom stereocenters. The zero-order chi connectivity index (χ0) is 23.2. The molecule has 0 aliphatic heterocycles. The van der Waals surface area contributed by atoms with E-state index in [2.05, 4.69) is 17.2 Å². The molecular weight excluding hydrogens is 396 g/mol. The average molecular weight is 443 g/mol. The fourth-order valence-corrected chi connectivity index (χ4v) is 3.41. The highest BCUT2D eigenvalue weighted by atomic mass is 16.5. The first-order valence-corrected chi connectivity index (χ1v) is 12.2. The number of nitrogens with one attached hydrogen (secondary N) is 1. The molecule has 0 saturated carbocycles. The van der Waals surface area contributed by atoms with Crippen LogP contribution in [0.4, 0.5) is 4.79 Å². The molecule has 0 aromatic carbocycles. The summed E-state index contributed by atoms with van der Waals surface area (Å²) < 4.78 is 5.09. The zero-order valence-corrected chi connectivity index (χ0v) is 19.6. The summed E-state index contributed by atoms with van der Waals surface area (Å²) >= 11 is 0. The molecule has 182 valence electrons. The van der Waals surface area contributed by atoms with Crippen molar-refractivity contribution in [2.45, 2.75) is 116 Å². The fraction of sp³-hybridized carbons (Fsp3) is 0.870. The van der Waals surface area contributed by atoms with Gasteiger partial charge < -0.3 is 26.6 Å². The second-order valence-electron chi connectivity index (χ2n) is 8.22. The van der Waals surface area contributed by atoms with Crippen LogP contribution in [0.25, 0.3) is 0 Å². The number of carboxylic acid groups (broad SMARTS) is 1. The van der Waals surface area contributed by atoms with E-state index in [1.54, 1.807) is 0 Å². The number of hydrogen-bond donors (Lipinski definition) is 4. The standard InChI is InChI=1S/C23H46N4O4/c1-2-3-4-5-6-7-8-9-10-11-12-13-14-15-19-31-23(30)27-20(21(28)29)17-16-18-26-22(24)25/h20H,2-19H2,1H3,(H,27,30)(H,28,29)(H4,24,25,26)/t20-/m0/s1. The summed E-state index contributed by atoms with van der Waals surface area (Å²) in [4.78, 5) is 26.8. The molecule has 0 radical (unpaired) electrons. The number of aliphatic carboxylic acids is 1. The fourth-order valence-electron chi connectivity index (χ4n) is 3.41. The molecule has 0 aliphatic carbocycles. The molecule has 0 aliphatic rings. The van der Waals surface area contributed by atoms with Gasteiger partial charge in [0, 0.05) is 6.54 Å². The van der Waals surface area contributed by atoms with Crippen LogP contribution in [0, 0.1) is 0 Å². The number of nitrogens with zero attached hydrogens (tertiary/aromatic N) is 1.